The molecule has 0 unspecified atom stereocenters. The fraction of sp³-hybridized carbons (Fsp3) is 0.0769. The summed E-state index contributed by atoms with van der Waals surface area (Å²) in [6, 6.07) is 9.04. The van der Waals surface area contributed by atoms with Gasteiger partial charge in [-0.1, -0.05) is 18.2 Å². The molecule has 2 nitrogen and oxygen atoms in total. The summed E-state index contributed by atoms with van der Waals surface area (Å²) in [5.74, 6) is -0.765. The Balaban J connectivity index is 2.50. The molecule has 5 heteroatoms. The lowest BCUT2D eigenvalue weighted by molar-refractivity contribution is -0.138. The van der Waals surface area contributed by atoms with Crippen LogP contribution in [0.2, 0.25) is 0 Å². The lowest BCUT2D eigenvalue weighted by atomic mass is 10.0. The Morgan fingerprint density at radius 1 is 0.778 bits per heavy atom. The molecule has 0 atom stereocenters. The maximum atomic E-state index is 12.6. The summed E-state index contributed by atoms with van der Waals surface area (Å²) in [5.41, 5.74) is -0.230. The molecule has 0 fully saturated rings. The summed E-state index contributed by atoms with van der Waals surface area (Å²) < 4.78 is 37.8. The highest BCUT2D eigenvalue weighted by atomic mass is 19.4. The van der Waals surface area contributed by atoms with Gasteiger partial charge in [0.05, 0.1) is 5.56 Å². The van der Waals surface area contributed by atoms with Crippen LogP contribution in [0.4, 0.5) is 13.2 Å². The smallest absolute Gasteiger partial charge is 0.419 e. The number of hydrogen-bond donors (Lipinski definition) is 2. The summed E-state index contributed by atoms with van der Waals surface area (Å²) in [6.45, 7) is 0. The predicted octanol–water partition coefficient (Wildman–Crippen LogP) is 3.78. The van der Waals surface area contributed by atoms with Crippen LogP contribution in [0.3, 0.4) is 0 Å². The zero-order valence-electron chi connectivity index (χ0n) is 9.07. The molecule has 0 aromatic heterocycles. The van der Waals surface area contributed by atoms with Crippen LogP contribution in [0.1, 0.15) is 5.56 Å². The summed E-state index contributed by atoms with van der Waals surface area (Å²) >= 11 is 0. The average molecular weight is 254 g/mol. The summed E-state index contributed by atoms with van der Waals surface area (Å²) in [6.07, 6.45) is -4.60. The quantitative estimate of drug-likeness (QED) is 0.812. The molecule has 0 bridgehead atoms. The molecule has 18 heavy (non-hydrogen) atoms. The van der Waals surface area contributed by atoms with E-state index in [4.69, 9.17) is 5.11 Å². The van der Waals surface area contributed by atoms with Crippen molar-refractivity contribution in [3.63, 3.8) is 0 Å². The fourth-order valence-electron chi connectivity index (χ4n) is 1.60. The van der Waals surface area contributed by atoms with Crippen LogP contribution in [-0.4, -0.2) is 10.2 Å². The fourth-order valence-corrected chi connectivity index (χ4v) is 1.60. The van der Waals surface area contributed by atoms with Crippen LogP contribution in [0.25, 0.3) is 11.1 Å². The monoisotopic (exact) mass is 254 g/mol. The van der Waals surface area contributed by atoms with Gasteiger partial charge in [0.15, 0.2) is 0 Å². The van der Waals surface area contributed by atoms with Crippen molar-refractivity contribution in [2.24, 2.45) is 0 Å². The first kappa shape index (κ1) is 12.3. The van der Waals surface area contributed by atoms with Gasteiger partial charge in [0.2, 0.25) is 0 Å². The molecule has 0 heterocycles. The van der Waals surface area contributed by atoms with E-state index in [1.54, 1.807) is 0 Å². The Kier molecular flexibility index (Phi) is 2.90. The van der Waals surface area contributed by atoms with Crippen molar-refractivity contribution < 1.29 is 23.4 Å². The van der Waals surface area contributed by atoms with E-state index in [2.05, 4.69) is 0 Å². The van der Waals surface area contributed by atoms with E-state index in [0.717, 1.165) is 12.1 Å². The lowest BCUT2D eigenvalue weighted by Gasteiger charge is -2.11. The second-order valence-corrected chi connectivity index (χ2v) is 3.78. The molecule has 0 aliphatic heterocycles. The predicted molar refractivity (Wildman–Crippen MR) is 60.2 cm³/mol. The highest BCUT2D eigenvalue weighted by Gasteiger charge is 2.34. The van der Waals surface area contributed by atoms with Crippen molar-refractivity contribution in [3.05, 3.63) is 48.0 Å². The Morgan fingerprint density at radius 2 is 1.33 bits per heavy atom. The molecule has 0 aliphatic rings. The zero-order valence-corrected chi connectivity index (χ0v) is 9.07. The average Bonchev–Trinajstić information content (AvgIpc) is 2.29. The minimum atomic E-state index is -4.60. The third-order valence-corrected chi connectivity index (χ3v) is 2.50. The number of rotatable bonds is 1. The van der Waals surface area contributed by atoms with Crippen LogP contribution in [0, 0.1) is 0 Å². The Hall–Kier alpha value is -2.17. The first-order valence-electron chi connectivity index (χ1n) is 5.07. The van der Waals surface area contributed by atoms with E-state index in [9.17, 15) is 18.3 Å². The van der Waals surface area contributed by atoms with Crippen LogP contribution in [0.15, 0.2) is 42.5 Å². The number of hydrogen-bond acceptors (Lipinski definition) is 2. The molecule has 2 rings (SSSR count). The molecule has 0 saturated carbocycles. The minimum absolute atomic E-state index is 0.0357. The standard InChI is InChI=1S/C13H9F3O2/c14-13(15,16)11-7-9(3-6-12(11)18)8-1-4-10(17)5-2-8/h1-7,17-18H. The number of alkyl halides is 3. The summed E-state index contributed by atoms with van der Waals surface area (Å²) in [7, 11) is 0. The van der Waals surface area contributed by atoms with Crippen molar-refractivity contribution in [1.82, 2.24) is 0 Å². The first-order chi connectivity index (χ1) is 8.38. The Labute approximate surface area is 101 Å². The maximum absolute atomic E-state index is 12.6. The molecule has 0 aliphatic carbocycles. The van der Waals surface area contributed by atoms with Crippen molar-refractivity contribution >= 4 is 0 Å². The van der Waals surface area contributed by atoms with Gasteiger partial charge in [-0.05, 0) is 35.4 Å². The first-order valence-corrected chi connectivity index (χ1v) is 5.07. The van der Waals surface area contributed by atoms with Gasteiger partial charge in [-0.15, -0.1) is 0 Å². The number of aromatic hydroxyl groups is 2. The molecule has 2 aromatic rings. The van der Waals surface area contributed by atoms with Gasteiger partial charge in [-0.25, -0.2) is 0 Å². The van der Waals surface area contributed by atoms with E-state index in [0.29, 0.717) is 11.1 Å². The topological polar surface area (TPSA) is 40.5 Å². The maximum Gasteiger partial charge on any atom is 0.419 e. The van der Waals surface area contributed by atoms with Crippen molar-refractivity contribution in [1.29, 1.82) is 0 Å². The Morgan fingerprint density at radius 3 is 1.89 bits per heavy atom. The van der Waals surface area contributed by atoms with Crippen molar-refractivity contribution in [2.45, 2.75) is 6.18 Å². The van der Waals surface area contributed by atoms with Crippen LogP contribution >= 0.6 is 0 Å². The minimum Gasteiger partial charge on any atom is -0.508 e. The molecule has 0 radical (unpaired) electrons. The highest BCUT2D eigenvalue weighted by Crippen LogP contribution is 2.38. The van der Waals surface area contributed by atoms with Gasteiger partial charge in [0, 0.05) is 0 Å². The van der Waals surface area contributed by atoms with E-state index >= 15 is 0 Å². The van der Waals surface area contributed by atoms with Gasteiger partial charge in [-0.2, -0.15) is 13.2 Å². The molecule has 94 valence electrons. The number of benzene rings is 2. The van der Waals surface area contributed by atoms with E-state index in [-0.39, 0.29) is 5.75 Å². The van der Waals surface area contributed by atoms with E-state index in [1.165, 1.54) is 30.3 Å². The van der Waals surface area contributed by atoms with Gasteiger partial charge >= 0.3 is 6.18 Å². The largest absolute Gasteiger partial charge is 0.508 e. The third kappa shape index (κ3) is 2.40. The normalized spacial score (nSPS) is 11.5. The summed E-state index contributed by atoms with van der Waals surface area (Å²) in [4.78, 5) is 0. The van der Waals surface area contributed by atoms with Gasteiger partial charge < -0.3 is 10.2 Å². The molecule has 2 aromatic carbocycles. The molecular formula is C13H9F3O2. The SMILES string of the molecule is Oc1ccc(-c2ccc(O)c(C(F)(F)F)c2)cc1. The van der Waals surface area contributed by atoms with Crippen LogP contribution in [0.5, 0.6) is 11.5 Å². The van der Waals surface area contributed by atoms with Gasteiger partial charge in [0.25, 0.3) is 0 Å². The highest BCUT2D eigenvalue weighted by molar-refractivity contribution is 5.66. The molecule has 0 amide bonds. The van der Waals surface area contributed by atoms with Crippen LogP contribution < -0.4 is 0 Å². The second kappa shape index (κ2) is 4.25. The lowest BCUT2D eigenvalue weighted by Crippen LogP contribution is -2.05. The van der Waals surface area contributed by atoms with Crippen LogP contribution in [-0.2, 0) is 6.18 Å². The number of phenols is 2. The second-order valence-electron chi connectivity index (χ2n) is 3.78. The summed E-state index contributed by atoms with van der Waals surface area (Å²) in [5, 5.41) is 18.3. The third-order valence-electron chi connectivity index (χ3n) is 2.50. The number of phenolic OH excluding ortho intramolecular Hbond substituents is 2. The van der Waals surface area contributed by atoms with Crippen molar-refractivity contribution in [3.8, 4) is 22.6 Å². The van der Waals surface area contributed by atoms with Gasteiger partial charge in [0.1, 0.15) is 11.5 Å². The zero-order chi connectivity index (χ0) is 13.3. The van der Waals surface area contributed by atoms with E-state index in [1.807, 2.05) is 0 Å². The Bertz CT molecular complexity index is 559. The molecule has 0 saturated heterocycles. The van der Waals surface area contributed by atoms with E-state index < -0.39 is 17.5 Å². The van der Waals surface area contributed by atoms with Gasteiger partial charge in [-0.3, -0.25) is 0 Å². The molecule has 0 spiro atoms. The molecular weight excluding hydrogens is 245 g/mol. The van der Waals surface area contributed by atoms with Crippen molar-refractivity contribution in [2.75, 3.05) is 0 Å². The molecule has 2 N–H and O–H groups in total. The number of halogens is 3.